The average Bonchev–Trinajstić information content (AvgIpc) is 3.11. The number of aryl methyl sites for hydroxylation is 1. The molecule has 9 heteroatoms. The molecule has 2 heterocycles. The molecule has 0 radical (unpaired) electrons. The van der Waals surface area contributed by atoms with Crippen LogP contribution in [0, 0.1) is 5.82 Å². The standard InChI is InChI=1S/C22H18FN5O3/c1-27-13-24-18-9-8-16(11-19(18)27)25-20(29)12-28-10-2-3-17(22(28)31)21(30)26-15-6-4-14(23)5-7-15/h2-11,13H,12H2,1H3,(H,25,29)(H,26,30). The molecule has 2 amide bonds. The molecule has 0 unspecified atom stereocenters. The van der Waals surface area contributed by atoms with E-state index >= 15 is 0 Å². The van der Waals surface area contributed by atoms with Crippen LogP contribution in [0.25, 0.3) is 11.0 Å². The van der Waals surface area contributed by atoms with E-state index in [-0.39, 0.29) is 12.1 Å². The van der Waals surface area contributed by atoms with Crippen molar-refractivity contribution in [2.75, 3.05) is 10.6 Å². The smallest absolute Gasteiger partial charge is 0.263 e. The molecule has 31 heavy (non-hydrogen) atoms. The molecule has 0 aliphatic carbocycles. The minimum absolute atomic E-state index is 0.129. The number of pyridine rings is 1. The van der Waals surface area contributed by atoms with Crippen LogP contribution in [0.15, 0.2) is 71.9 Å². The lowest BCUT2D eigenvalue weighted by molar-refractivity contribution is -0.116. The Hall–Kier alpha value is -4.27. The van der Waals surface area contributed by atoms with E-state index in [1.165, 1.54) is 42.6 Å². The third kappa shape index (κ3) is 4.35. The highest BCUT2D eigenvalue weighted by Gasteiger charge is 2.14. The van der Waals surface area contributed by atoms with Gasteiger partial charge in [0.1, 0.15) is 17.9 Å². The summed E-state index contributed by atoms with van der Waals surface area (Å²) in [7, 11) is 1.85. The predicted molar refractivity (Wildman–Crippen MR) is 114 cm³/mol. The zero-order valence-electron chi connectivity index (χ0n) is 16.5. The van der Waals surface area contributed by atoms with Crippen molar-refractivity contribution >= 4 is 34.2 Å². The van der Waals surface area contributed by atoms with Gasteiger partial charge in [0.15, 0.2) is 0 Å². The third-order valence-corrected chi connectivity index (χ3v) is 4.69. The highest BCUT2D eigenvalue weighted by Crippen LogP contribution is 2.17. The molecule has 4 aromatic rings. The Morgan fingerprint density at radius 3 is 2.55 bits per heavy atom. The van der Waals surface area contributed by atoms with Crippen molar-refractivity contribution < 1.29 is 14.0 Å². The maximum Gasteiger partial charge on any atom is 0.263 e. The molecule has 0 saturated heterocycles. The van der Waals surface area contributed by atoms with Crippen LogP contribution >= 0.6 is 0 Å². The van der Waals surface area contributed by atoms with Crippen LogP contribution in [-0.2, 0) is 18.4 Å². The summed E-state index contributed by atoms with van der Waals surface area (Å²) in [6.45, 7) is -0.264. The van der Waals surface area contributed by atoms with Gasteiger partial charge in [0.05, 0.1) is 17.4 Å². The molecule has 2 aromatic carbocycles. The minimum Gasteiger partial charge on any atom is -0.334 e. The Kier molecular flexibility index (Phi) is 5.31. The Bertz CT molecular complexity index is 1340. The maximum absolute atomic E-state index is 13.0. The Morgan fingerprint density at radius 2 is 1.77 bits per heavy atom. The number of anilines is 2. The quantitative estimate of drug-likeness (QED) is 0.520. The highest BCUT2D eigenvalue weighted by atomic mass is 19.1. The fraction of sp³-hybridized carbons (Fsp3) is 0.0909. The van der Waals surface area contributed by atoms with Gasteiger partial charge < -0.3 is 19.8 Å². The van der Waals surface area contributed by atoms with Gasteiger partial charge in [-0.1, -0.05) is 0 Å². The molecule has 0 fully saturated rings. The lowest BCUT2D eigenvalue weighted by Crippen LogP contribution is -2.32. The van der Waals surface area contributed by atoms with Gasteiger partial charge in [-0.25, -0.2) is 9.37 Å². The number of carbonyl (C=O) groups is 2. The molecular formula is C22H18FN5O3. The van der Waals surface area contributed by atoms with Crippen LogP contribution in [0.2, 0.25) is 0 Å². The number of hydrogen-bond donors (Lipinski definition) is 2. The van der Waals surface area contributed by atoms with E-state index in [0.29, 0.717) is 11.4 Å². The lowest BCUT2D eigenvalue weighted by atomic mass is 10.2. The van der Waals surface area contributed by atoms with Gasteiger partial charge >= 0.3 is 0 Å². The van der Waals surface area contributed by atoms with E-state index in [1.807, 2.05) is 11.6 Å². The fourth-order valence-corrected chi connectivity index (χ4v) is 3.12. The van der Waals surface area contributed by atoms with Gasteiger partial charge in [-0.15, -0.1) is 0 Å². The van der Waals surface area contributed by atoms with Gasteiger partial charge in [-0.05, 0) is 54.6 Å². The van der Waals surface area contributed by atoms with Crippen molar-refractivity contribution in [1.82, 2.24) is 14.1 Å². The molecule has 0 atom stereocenters. The van der Waals surface area contributed by atoms with Crippen LogP contribution in [0.4, 0.5) is 15.8 Å². The number of imidazole rings is 1. The van der Waals surface area contributed by atoms with E-state index in [2.05, 4.69) is 15.6 Å². The van der Waals surface area contributed by atoms with Crippen LogP contribution in [0.5, 0.6) is 0 Å². The number of nitrogens with zero attached hydrogens (tertiary/aromatic N) is 3. The van der Waals surface area contributed by atoms with Gasteiger partial charge in [0.2, 0.25) is 5.91 Å². The van der Waals surface area contributed by atoms with Crippen LogP contribution in [0.3, 0.4) is 0 Å². The summed E-state index contributed by atoms with van der Waals surface area (Å²) in [5.41, 5.74) is 1.84. The van der Waals surface area contributed by atoms with Crippen molar-refractivity contribution in [3.63, 3.8) is 0 Å². The number of aromatic nitrogens is 3. The fourth-order valence-electron chi connectivity index (χ4n) is 3.12. The van der Waals surface area contributed by atoms with Gasteiger partial charge in [0.25, 0.3) is 11.5 Å². The molecule has 156 valence electrons. The highest BCUT2D eigenvalue weighted by molar-refractivity contribution is 6.04. The lowest BCUT2D eigenvalue weighted by Gasteiger charge is -2.10. The molecule has 0 saturated carbocycles. The Morgan fingerprint density at radius 1 is 1.03 bits per heavy atom. The van der Waals surface area contributed by atoms with Crippen molar-refractivity contribution in [3.8, 4) is 0 Å². The summed E-state index contributed by atoms with van der Waals surface area (Å²) in [5.74, 6) is -1.50. The molecule has 2 N–H and O–H groups in total. The first-order valence-corrected chi connectivity index (χ1v) is 9.38. The molecule has 0 spiro atoms. The third-order valence-electron chi connectivity index (χ3n) is 4.69. The van der Waals surface area contributed by atoms with Crippen LogP contribution in [0.1, 0.15) is 10.4 Å². The van der Waals surface area contributed by atoms with E-state index < -0.39 is 23.2 Å². The second kappa shape index (κ2) is 8.23. The summed E-state index contributed by atoms with van der Waals surface area (Å²) in [6.07, 6.45) is 3.11. The summed E-state index contributed by atoms with van der Waals surface area (Å²) >= 11 is 0. The van der Waals surface area contributed by atoms with Crippen LogP contribution < -0.4 is 16.2 Å². The number of hydrogen-bond acceptors (Lipinski definition) is 4. The first-order chi connectivity index (χ1) is 14.9. The summed E-state index contributed by atoms with van der Waals surface area (Å²) in [5, 5.41) is 5.28. The summed E-state index contributed by atoms with van der Waals surface area (Å²) in [4.78, 5) is 41.8. The molecule has 8 nitrogen and oxygen atoms in total. The monoisotopic (exact) mass is 419 g/mol. The second-order valence-corrected chi connectivity index (χ2v) is 6.92. The first-order valence-electron chi connectivity index (χ1n) is 9.38. The van der Waals surface area contributed by atoms with E-state index in [1.54, 1.807) is 24.5 Å². The SMILES string of the molecule is Cn1cnc2ccc(NC(=O)Cn3cccc(C(=O)Nc4ccc(F)cc4)c3=O)cc21. The van der Waals surface area contributed by atoms with Gasteiger partial charge in [0, 0.05) is 24.6 Å². The number of rotatable bonds is 5. The minimum atomic E-state index is -0.645. The predicted octanol–water partition coefficient (Wildman–Crippen LogP) is 2.77. The molecule has 0 aliphatic rings. The number of amides is 2. The van der Waals surface area contributed by atoms with E-state index in [4.69, 9.17) is 0 Å². The average molecular weight is 419 g/mol. The van der Waals surface area contributed by atoms with Crippen molar-refractivity contribution in [2.45, 2.75) is 6.54 Å². The molecule has 0 aliphatic heterocycles. The number of fused-ring (bicyclic) bond motifs is 1. The number of benzene rings is 2. The molecule has 4 rings (SSSR count). The van der Waals surface area contributed by atoms with Crippen molar-refractivity contribution in [1.29, 1.82) is 0 Å². The number of carbonyl (C=O) groups excluding carboxylic acids is 2. The Labute approximate surface area is 176 Å². The first kappa shape index (κ1) is 20.0. The molecular weight excluding hydrogens is 401 g/mol. The van der Waals surface area contributed by atoms with E-state index in [9.17, 15) is 18.8 Å². The zero-order valence-corrected chi connectivity index (χ0v) is 16.5. The van der Waals surface area contributed by atoms with Crippen LogP contribution in [-0.4, -0.2) is 25.9 Å². The molecule has 0 bridgehead atoms. The summed E-state index contributed by atoms with van der Waals surface area (Å²) in [6, 6.07) is 13.4. The topological polar surface area (TPSA) is 98.0 Å². The molecule has 2 aromatic heterocycles. The van der Waals surface area contributed by atoms with Crippen molar-refractivity contribution in [3.05, 3.63) is 88.9 Å². The number of nitrogens with one attached hydrogen (secondary N) is 2. The normalized spacial score (nSPS) is 10.8. The Balaban J connectivity index is 1.48. The summed E-state index contributed by atoms with van der Waals surface area (Å²) < 4.78 is 16.0. The van der Waals surface area contributed by atoms with Gasteiger partial charge in [-0.3, -0.25) is 14.4 Å². The maximum atomic E-state index is 13.0. The van der Waals surface area contributed by atoms with Gasteiger partial charge in [-0.2, -0.15) is 0 Å². The largest absolute Gasteiger partial charge is 0.334 e. The zero-order chi connectivity index (χ0) is 22.0. The number of halogens is 1. The van der Waals surface area contributed by atoms with Crippen molar-refractivity contribution in [2.24, 2.45) is 7.05 Å². The van der Waals surface area contributed by atoms with E-state index in [0.717, 1.165) is 15.6 Å². The second-order valence-electron chi connectivity index (χ2n) is 6.92.